The highest BCUT2D eigenvalue weighted by molar-refractivity contribution is 5.70. The summed E-state index contributed by atoms with van der Waals surface area (Å²) < 4.78 is 34.0. The molecule has 2 unspecified atom stereocenters. The average molecular weight is 453 g/mol. The standard InChI is InChI=1S/C21H18N5.C2HF3O2/c1-2-6-15-14(5-1)17-13-21(19-22-8-9-23-19,20-24-10-11-25-20)18(15)16-7-3-4-12-26(16)17;3-2(4,5)1(6)7/h1-12,17-18H,13H2,(H,22,23)(H,24,25);(H,6,7)/q+1;/p-1. The fraction of sp³-hybridized carbons (Fsp3) is 0.217. The van der Waals surface area contributed by atoms with Crippen LogP contribution >= 0.6 is 0 Å². The third-order valence-electron chi connectivity index (χ3n) is 6.30. The Morgan fingerprint density at radius 2 is 1.58 bits per heavy atom. The van der Waals surface area contributed by atoms with Gasteiger partial charge in [-0.1, -0.05) is 30.3 Å². The number of halogens is 3. The lowest BCUT2D eigenvalue weighted by Crippen LogP contribution is -2.60. The van der Waals surface area contributed by atoms with Gasteiger partial charge in [0.2, 0.25) is 0 Å². The van der Waals surface area contributed by atoms with Crippen LogP contribution in [0.3, 0.4) is 0 Å². The van der Waals surface area contributed by atoms with Crippen LogP contribution in [0.4, 0.5) is 13.2 Å². The molecule has 0 fully saturated rings. The van der Waals surface area contributed by atoms with E-state index in [0.717, 1.165) is 18.1 Å². The molecule has 7 rings (SSSR count). The van der Waals surface area contributed by atoms with Gasteiger partial charge in [0, 0.05) is 48.9 Å². The number of nitrogens with zero attached hydrogens (tertiary/aromatic N) is 3. The molecule has 0 amide bonds. The Labute approximate surface area is 186 Å². The van der Waals surface area contributed by atoms with Gasteiger partial charge in [-0.15, -0.1) is 0 Å². The summed E-state index contributed by atoms with van der Waals surface area (Å²) in [7, 11) is 0. The van der Waals surface area contributed by atoms with E-state index in [9.17, 15) is 13.2 Å². The number of hydrogen-bond acceptors (Lipinski definition) is 4. The van der Waals surface area contributed by atoms with Crippen LogP contribution < -0.4 is 9.67 Å². The van der Waals surface area contributed by atoms with Gasteiger partial charge in [-0.2, -0.15) is 17.7 Å². The van der Waals surface area contributed by atoms with E-state index in [4.69, 9.17) is 19.9 Å². The van der Waals surface area contributed by atoms with E-state index in [2.05, 4.69) is 63.2 Å². The molecule has 2 aliphatic heterocycles. The Kier molecular flexibility index (Phi) is 4.80. The lowest BCUT2D eigenvalue weighted by molar-refractivity contribution is -0.732. The monoisotopic (exact) mass is 453 g/mol. The Morgan fingerprint density at radius 1 is 1.00 bits per heavy atom. The van der Waals surface area contributed by atoms with Crippen LogP contribution in [0.1, 0.15) is 46.9 Å². The van der Waals surface area contributed by atoms with E-state index in [1.54, 1.807) is 0 Å². The summed E-state index contributed by atoms with van der Waals surface area (Å²) in [4.78, 5) is 25.0. The molecule has 0 radical (unpaired) electrons. The Balaban J connectivity index is 0.000000287. The van der Waals surface area contributed by atoms with Crippen molar-refractivity contribution in [1.29, 1.82) is 0 Å². The van der Waals surface area contributed by atoms with Crippen molar-refractivity contribution in [2.45, 2.75) is 30.0 Å². The third kappa shape index (κ3) is 3.21. The molecule has 10 heteroatoms. The van der Waals surface area contributed by atoms with Crippen molar-refractivity contribution in [2.24, 2.45) is 0 Å². The number of hydrogen-bond donors (Lipinski definition) is 2. The van der Waals surface area contributed by atoms with Crippen molar-refractivity contribution >= 4 is 5.97 Å². The molecule has 3 aromatic heterocycles. The summed E-state index contributed by atoms with van der Waals surface area (Å²) in [6.45, 7) is 0. The van der Waals surface area contributed by atoms with E-state index in [1.165, 1.54) is 16.8 Å². The molecule has 5 heterocycles. The first-order valence-corrected chi connectivity index (χ1v) is 10.2. The highest BCUT2D eigenvalue weighted by Gasteiger charge is 2.61. The van der Waals surface area contributed by atoms with Crippen molar-refractivity contribution in [3.05, 3.63) is 102 Å². The van der Waals surface area contributed by atoms with E-state index in [-0.39, 0.29) is 17.4 Å². The second-order valence-electron chi connectivity index (χ2n) is 7.95. The van der Waals surface area contributed by atoms with Gasteiger partial charge in [0.1, 0.15) is 23.0 Å². The number of aromatic amines is 2. The number of pyridine rings is 1. The lowest BCUT2D eigenvalue weighted by Gasteiger charge is -2.46. The molecule has 7 nitrogen and oxygen atoms in total. The number of carbonyl (C=O) groups is 1. The molecule has 33 heavy (non-hydrogen) atoms. The van der Waals surface area contributed by atoms with Gasteiger partial charge in [0.15, 0.2) is 17.9 Å². The van der Waals surface area contributed by atoms with Crippen molar-refractivity contribution in [3.8, 4) is 0 Å². The summed E-state index contributed by atoms with van der Waals surface area (Å²) in [5.41, 5.74) is 3.78. The molecule has 168 valence electrons. The van der Waals surface area contributed by atoms with Crippen LogP contribution in [0.25, 0.3) is 0 Å². The number of carboxylic acid groups (broad SMARTS) is 1. The van der Waals surface area contributed by atoms with Gasteiger partial charge >= 0.3 is 6.18 Å². The van der Waals surface area contributed by atoms with Crippen LogP contribution in [-0.4, -0.2) is 32.1 Å². The predicted octanol–water partition coefficient (Wildman–Crippen LogP) is 2.14. The van der Waals surface area contributed by atoms with Crippen molar-refractivity contribution in [3.63, 3.8) is 0 Å². The number of H-pyrrole nitrogens is 2. The fourth-order valence-corrected chi connectivity index (χ4v) is 5.13. The summed E-state index contributed by atoms with van der Waals surface area (Å²) in [5, 5.41) is 8.78. The highest BCUT2D eigenvalue weighted by atomic mass is 19.4. The molecule has 4 aromatic rings. The van der Waals surface area contributed by atoms with Crippen molar-refractivity contribution in [2.75, 3.05) is 0 Å². The van der Waals surface area contributed by atoms with Gasteiger partial charge in [-0.05, 0) is 5.56 Å². The molecule has 2 bridgehead atoms. The first-order valence-electron chi connectivity index (χ1n) is 10.2. The lowest BCUT2D eigenvalue weighted by atomic mass is 9.57. The molecule has 2 atom stereocenters. The Hall–Kier alpha value is -3.95. The fourth-order valence-electron chi connectivity index (χ4n) is 5.13. The minimum absolute atomic E-state index is 0.155. The average Bonchev–Trinajstić information content (AvgIpc) is 3.54. The van der Waals surface area contributed by atoms with Gasteiger partial charge in [0.25, 0.3) is 0 Å². The maximum atomic E-state index is 10.5. The molecule has 0 saturated heterocycles. The van der Waals surface area contributed by atoms with Crippen LogP contribution in [0.5, 0.6) is 0 Å². The second-order valence-corrected chi connectivity index (χ2v) is 7.95. The minimum Gasteiger partial charge on any atom is -0.542 e. The Morgan fingerprint density at radius 3 is 2.12 bits per heavy atom. The summed E-state index contributed by atoms with van der Waals surface area (Å²) in [5.74, 6) is -0.895. The van der Waals surface area contributed by atoms with Crippen LogP contribution in [0, 0.1) is 0 Å². The van der Waals surface area contributed by atoms with Gasteiger partial charge in [-0.25, -0.2) is 9.97 Å². The number of nitrogens with one attached hydrogen (secondary N) is 2. The number of carboxylic acids is 1. The molecule has 2 N–H and O–H groups in total. The highest BCUT2D eigenvalue weighted by Crippen LogP contribution is 2.57. The van der Waals surface area contributed by atoms with E-state index in [1.807, 2.05) is 24.8 Å². The minimum atomic E-state index is -5.19. The summed E-state index contributed by atoms with van der Waals surface area (Å²) in [6.07, 6.45) is 5.44. The van der Waals surface area contributed by atoms with Gasteiger partial charge in [0.05, 0.1) is 5.92 Å². The quantitative estimate of drug-likeness (QED) is 0.454. The zero-order valence-corrected chi connectivity index (χ0v) is 17.1. The predicted molar refractivity (Wildman–Crippen MR) is 107 cm³/mol. The maximum Gasteiger partial charge on any atom is 0.430 e. The van der Waals surface area contributed by atoms with Crippen LogP contribution in [-0.2, 0) is 10.2 Å². The first kappa shape index (κ1) is 20.9. The summed E-state index contributed by atoms with van der Waals surface area (Å²) in [6, 6.07) is 15.6. The van der Waals surface area contributed by atoms with Gasteiger partial charge in [-0.3, -0.25) is 0 Å². The molecule has 3 aliphatic rings. The van der Waals surface area contributed by atoms with Crippen LogP contribution in [0.2, 0.25) is 0 Å². The number of benzene rings is 1. The molecule has 0 saturated carbocycles. The number of carbonyl (C=O) groups excluding carboxylic acids is 1. The normalized spacial score (nSPS) is 19.7. The number of rotatable bonds is 2. The van der Waals surface area contributed by atoms with Gasteiger partial charge < -0.3 is 19.9 Å². The smallest absolute Gasteiger partial charge is 0.430 e. The number of alkyl halides is 3. The largest absolute Gasteiger partial charge is 0.542 e. The molecule has 1 aliphatic carbocycles. The zero-order valence-electron chi connectivity index (χ0n) is 17.1. The number of imidazole rings is 2. The Bertz CT molecular complexity index is 1200. The topological polar surface area (TPSA) is 101 Å². The van der Waals surface area contributed by atoms with E-state index in [0.29, 0.717) is 0 Å². The molecular weight excluding hydrogens is 435 g/mol. The van der Waals surface area contributed by atoms with Crippen molar-refractivity contribution < 1.29 is 27.6 Å². The number of aromatic nitrogens is 5. The molecule has 1 aromatic carbocycles. The molecule has 0 spiro atoms. The molecular formula is C23H18F3N5O2. The maximum absolute atomic E-state index is 10.5. The number of fused-ring (bicyclic) bond motifs is 1. The summed E-state index contributed by atoms with van der Waals surface area (Å²) >= 11 is 0. The van der Waals surface area contributed by atoms with E-state index >= 15 is 0 Å². The number of aliphatic carboxylic acids is 1. The zero-order chi connectivity index (χ0) is 23.2. The first-order chi connectivity index (χ1) is 15.8. The van der Waals surface area contributed by atoms with Crippen LogP contribution in [0.15, 0.2) is 73.4 Å². The SMILES string of the molecule is O=C([O-])C(F)(F)F.c1ccc2c(c1)C1CC(c3ncc[nH]3)(c3ncc[nH]3)C2c2cccc[n+]21. The van der Waals surface area contributed by atoms with Crippen molar-refractivity contribution in [1.82, 2.24) is 19.9 Å². The van der Waals surface area contributed by atoms with E-state index < -0.39 is 12.1 Å². The second kappa shape index (κ2) is 7.58. The third-order valence-corrected chi connectivity index (χ3v) is 6.30.